The first kappa shape index (κ1) is 37.5. The molecule has 5 aliphatic rings. The van der Waals surface area contributed by atoms with E-state index in [2.05, 4.69) is 15.4 Å². The van der Waals surface area contributed by atoms with E-state index in [9.17, 15) is 36.8 Å². The van der Waals surface area contributed by atoms with E-state index in [1.807, 2.05) is 18.2 Å². The topological polar surface area (TPSA) is 181 Å². The van der Waals surface area contributed by atoms with Gasteiger partial charge in [0, 0.05) is 24.4 Å². The SMILES string of the molecule is CC(C)(C)OC(=O)N[C@@H]1CCCCCC=C[C@@H]2C[C@@]2(C(=O)NS(=O)(=O)C2CC2)NC(=O)[C@@H]2C[C@@H](OC(=O)N3CCc4cccc(F)c4C3)CN2C1=O. The monoisotopic (exact) mass is 745 g/mol. The quantitative estimate of drug-likeness (QED) is 0.382. The van der Waals surface area contributed by atoms with Gasteiger partial charge in [0.25, 0.3) is 5.91 Å². The largest absolute Gasteiger partial charge is 0.444 e. The van der Waals surface area contributed by atoms with E-state index >= 15 is 0 Å². The minimum Gasteiger partial charge on any atom is -0.444 e. The van der Waals surface area contributed by atoms with Crippen molar-refractivity contribution in [3.8, 4) is 0 Å². The van der Waals surface area contributed by atoms with Crippen LogP contribution in [0.3, 0.4) is 0 Å². The summed E-state index contributed by atoms with van der Waals surface area (Å²) in [6.07, 6.45) is 5.57. The Kier molecular flexibility index (Phi) is 10.6. The van der Waals surface area contributed by atoms with Crippen LogP contribution in [0.4, 0.5) is 14.0 Å². The molecule has 0 spiro atoms. The highest BCUT2D eigenvalue weighted by molar-refractivity contribution is 7.91. The molecule has 1 aromatic carbocycles. The van der Waals surface area contributed by atoms with Gasteiger partial charge < -0.3 is 29.9 Å². The molecule has 3 fully saturated rings. The van der Waals surface area contributed by atoms with E-state index in [-0.39, 0.29) is 38.9 Å². The zero-order chi connectivity index (χ0) is 37.4. The van der Waals surface area contributed by atoms with Crippen molar-refractivity contribution >= 4 is 39.9 Å². The van der Waals surface area contributed by atoms with Crippen molar-refractivity contribution in [2.45, 2.75) is 126 Å². The van der Waals surface area contributed by atoms with E-state index in [4.69, 9.17) is 9.47 Å². The third-order valence-electron chi connectivity index (χ3n) is 10.3. The summed E-state index contributed by atoms with van der Waals surface area (Å²) in [4.78, 5) is 71.0. The molecule has 2 saturated carbocycles. The highest BCUT2D eigenvalue weighted by Gasteiger charge is 2.62. The third-order valence-corrected chi connectivity index (χ3v) is 12.1. The maximum Gasteiger partial charge on any atom is 0.410 e. The summed E-state index contributed by atoms with van der Waals surface area (Å²) in [6.45, 7) is 5.18. The van der Waals surface area contributed by atoms with E-state index < -0.39 is 86.2 Å². The maximum absolute atomic E-state index is 14.6. The Morgan fingerprint density at radius 2 is 1.85 bits per heavy atom. The molecule has 1 saturated heterocycles. The molecule has 2 aliphatic carbocycles. The predicted molar refractivity (Wildman–Crippen MR) is 185 cm³/mol. The standard InChI is InChI=1S/C36H48FN5O9S/c1-35(2,3)51-33(46)38-28-13-8-6-4-5-7-11-23-19-36(23,32(45)40-52(48,49)25-14-15-25)39-30(43)29-18-24(20-42(29)31(28)44)50-34(47)41-17-16-22-10-9-12-27(37)26(22)21-41/h7,9-12,23-25,28-29H,4-6,8,13-21H2,1-3H3,(H,38,46)(H,39,43)(H,40,45)/t23-,24-,28-,29+,36-/m1/s1. The third kappa shape index (κ3) is 8.53. The van der Waals surface area contributed by atoms with Gasteiger partial charge >= 0.3 is 12.2 Å². The van der Waals surface area contributed by atoms with Gasteiger partial charge in [-0.15, -0.1) is 0 Å². The molecular weight excluding hydrogens is 697 g/mol. The van der Waals surface area contributed by atoms with Gasteiger partial charge in [0.1, 0.15) is 35.1 Å². The first-order chi connectivity index (χ1) is 24.6. The molecule has 1 aromatic rings. The van der Waals surface area contributed by atoms with Crippen LogP contribution in [0, 0.1) is 11.7 Å². The van der Waals surface area contributed by atoms with E-state index in [0.717, 1.165) is 18.4 Å². The summed E-state index contributed by atoms with van der Waals surface area (Å²) >= 11 is 0. The summed E-state index contributed by atoms with van der Waals surface area (Å²) in [7, 11) is -3.92. The molecule has 0 aromatic heterocycles. The predicted octanol–water partition coefficient (Wildman–Crippen LogP) is 3.19. The van der Waals surface area contributed by atoms with E-state index in [1.165, 1.54) is 15.9 Å². The van der Waals surface area contributed by atoms with Gasteiger partial charge in [-0.2, -0.15) is 0 Å². The van der Waals surface area contributed by atoms with Crippen molar-refractivity contribution < 1.29 is 46.3 Å². The second-order valence-electron chi connectivity index (χ2n) is 15.5. The molecule has 3 N–H and O–H groups in total. The number of amides is 5. The molecule has 0 bridgehead atoms. The van der Waals surface area contributed by atoms with Crippen molar-refractivity contribution in [3.63, 3.8) is 0 Å². The molecule has 3 aliphatic heterocycles. The molecule has 5 amide bonds. The molecule has 16 heteroatoms. The Morgan fingerprint density at radius 3 is 2.58 bits per heavy atom. The molecule has 0 unspecified atom stereocenters. The molecule has 284 valence electrons. The number of carbonyl (C=O) groups is 5. The number of sulfonamides is 1. The molecule has 14 nitrogen and oxygen atoms in total. The number of ether oxygens (including phenoxy) is 2. The summed E-state index contributed by atoms with van der Waals surface area (Å²) < 4.78 is 53.5. The Balaban J connectivity index is 1.25. The van der Waals surface area contributed by atoms with Gasteiger partial charge in [0.15, 0.2) is 0 Å². The number of allylic oxidation sites excluding steroid dienone is 1. The fourth-order valence-corrected chi connectivity index (χ4v) is 8.57. The van der Waals surface area contributed by atoms with Crippen LogP contribution >= 0.6 is 0 Å². The first-order valence-electron chi connectivity index (χ1n) is 18.1. The summed E-state index contributed by atoms with van der Waals surface area (Å²) in [6, 6.07) is 2.46. The maximum atomic E-state index is 14.6. The molecule has 0 radical (unpaired) electrons. The first-order valence-corrected chi connectivity index (χ1v) is 19.7. The zero-order valence-electron chi connectivity index (χ0n) is 29.8. The van der Waals surface area contributed by atoms with Crippen molar-refractivity contribution in [2.24, 2.45) is 5.92 Å². The van der Waals surface area contributed by atoms with Crippen LogP contribution in [-0.4, -0.2) is 95.8 Å². The van der Waals surface area contributed by atoms with Crippen molar-refractivity contribution in [1.82, 2.24) is 25.2 Å². The number of rotatable bonds is 5. The van der Waals surface area contributed by atoms with Crippen LogP contribution in [0.2, 0.25) is 0 Å². The zero-order valence-corrected chi connectivity index (χ0v) is 30.6. The van der Waals surface area contributed by atoms with Crippen LogP contribution in [0.15, 0.2) is 30.4 Å². The summed E-state index contributed by atoms with van der Waals surface area (Å²) in [5, 5.41) is 4.80. The highest BCUT2D eigenvalue weighted by atomic mass is 32.2. The molecular formula is C36H48FN5O9S. The number of hydrogen-bond acceptors (Lipinski definition) is 9. The summed E-state index contributed by atoms with van der Waals surface area (Å²) in [5.41, 5.74) is -1.19. The number of hydrogen-bond donors (Lipinski definition) is 3. The fourth-order valence-electron chi connectivity index (χ4n) is 7.21. The van der Waals surface area contributed by atoms with E-state index in [1.54, 1.807) is 26.8 Å². The smallest absolute Gasteiger partial charge is 0.410 e. The number of fused-ring (bicyclic) bond motifs is 3. The van der Waals surface area contributed by atoms with Gasteiger partial charge in [0.2, 0.25) is 21.8 Å². The van der Waals surface area contributed by atoms with Crippen LogP contribution in [0.25, 0.3) is 0 Å². The fraction of sp³-hybridized carbons (Fsp3) is 0.639. The second-order valence-corrected chi connectivity index (χ2v) is 17.5. The normalized spacial score (nSPS) is 28.2. The number of halogens is 1. The minimum absolute atomic E-state index is 0.00168. The van der Waals surface area contributed by atoms with Gasteiger partial charge in [-0.05, 0) is 77.3 Å². The average molecular weight is 746 g/mol. The number of carbonyl (C=O) groups excluding carboxylic acids is 5. The van der Waals surface area contributed by atoms with Crippen LogP contribution in [0.5, 0.6) is 0 Å². The Morgan fingerprint density at radius 1 is 1.08 bits per heavy atom. The Hall–Kier alpha value is -4.21. The number of nitrogens with one attached hydrogen (secondary N) is 3. The van der Waals surface area contributed by atoms with Crippen molar-refractivity contribution in [2.75, 3.05) is 13.1 Å². The van der Waals surface area contributed by atoms with E-state index in [0.29, 0.717) is 37.7 Å². The van der Waals surface area contributed by atoms with Crippen LogP contribution in [0.1, 0.15) is 89.7 Å². The van der Waals surface area contributed by atoms with Gasteiger partial charge in [-0.25, -0.2) is 22.4 Å². The van der Waals surface area contributed by atoms with Crippen LogP contribution < -0.4 is 15.4 Å². The van der Waals surface area contributed by atoms with Crippen molar-refractivity contribution in [3.05, 3.63) is 47.3 Å². The summed E-state index contributed by atoms with van der Waals surface area (Å²) in [5.74, 6) is -3.05. The Bertz CT molecular complexity index is 1740. The lowest BCUT2D eigenvalue weighted by Gasteiger charge is -2.30. The number of benzene rings is 1. The molecule has 52 heavy (non-hydrogen) atoms. The van der Waals surface area contributed by atoms with Gasteiger partial charge in [-0.3, -0.25) is 19.1 Å². The highest BCUT2D eigenvalue weighted by Crippen LogP contribution is 2.46. The van der Waals surface area contributed by atoms with Crippen molar-refractivity contribution in [1.29, 1.82) is 0 Å². The van der Waals surface area contributed by atoms with Crippen LogP contribution in [-0.2, 0) is 46.8 Å². The number of nitrogens with zero attached hydrogens (tertiary/aromatic N) is 2. The molecule has 3 heterocycles. The van der Waals surface area contributed by atoms with Gasteiger partial charge in [-0.1, -0.05) is 37.1 Å². The lowest BCUT2D eigenvalue weighted by atomic mass is 10.00. The Labute approximate surface area is 303 Å². The molecule has 5 atom stereocenters. The lowest BCUT2D eigenvalue weighted by Crippen LogP contribution is -2.58. The van der Waals surface area contributed by atoms with Gasteiger partial charge in [0.05, 0.1) is 18.3 Å². The second kappa shape index (κ2) is 14.7. The lowest BCUT2D eigenvalue weighted by molar-refractivity contribution is -0.141. The minimum atomic E-state index is -3.92. The number of alkyl carbamates (subject to hydrolysis) is 1. The molecule has 6 rings (SSSR count). The average Bonchev–Trinajstić information content (AvgIpc) is 3.99.